The van der Waals surface area contributed by atoms with E-state index in [-0.39, 0.29) is 5.56 Å². The summed E-state index contributed by atoms with van der Waals surface area (Å²) in [5.41, 5.74) is 8.22. The molecule has 1 aliphatic rings. The number of carboxylic acid groups (broad SMARTS) is 1. The number of aryl methyl sites for hydroxylation is 1. The van der Waals surface area contributed by atoms with Crippen LogP contribution in [0, 0.1) is 0 Å². The van der Waals surface area contributed by atoms with Crippen molar-refractivity contribution in [3.05, 3.63) is 101 Å². The Morgan fingerprint density at radius 3 is 2.45 bits per heavy atom. The van der Waals surface area contributed by atoms with Crippen molar-refractivity contribution in [2.45, 2.75) is 12.8 Å². The van der Waals surface area contributed by atoms with E-state index in [0.717, 1.165) is 29.8 Å². The Morgan fingerprint density at radius 2 is 1.66 bits per heavy atom. The van der Waals surface area contributed by atoms with Crippen LogP contribution < -0.4 is 0 Å². The van der Waals surface area contributed by atoms with Crippen molar-refractivity contribution in [3.63, 3.8) is 0 Å². The zero-order valence-electron chi connectivity index (χ0n) is 15.6. The molecule has 0 bridgehead atoms. The summed E-state index contributed by atoms with van der Waals surface area (Å²) in [7, 11) is 0. The highest BCUT2D eigenvalue weighted by atomic mass is 35.5. The SMILES string of the molecule is O=C(O)c1cccc(-n2c(-c3ccc(Cl)cc3)cc3c2CCc2ccccc2-3)c1. The molecule has 3 nitrogen and oxygen atoms in total. The number of halogens is 1. The minimum Gasteiger partial charge on any atom is -0.478 e. The molecule has 0 aliphatic heterocycles. The summed E-state index contributed by atoms with van der Waals surface area (Å²) in [6.45, 7) is 0. The summed E-state index contributed by atoms with van der Waals surface area (Å²) in [4.78, 5) is 11.5. The molecule has 1 aliphatic carbocycles. The van der Waals surface area contributed by atoms with Crippen LogP contribution in [-0.2, 0) is 12.8 Å². The third-order valence-corrected chi connectivity index (χ3v) is 5.78. The molecular weight excluding hydrogens is 382 g/mol. The number of rotatable bonds is 3. The lowest BCUT2D eigenvalue weighted by atomic mass is 9.90. The van der Waals surface area contributed by atoms with Gasteiger partial charge >= 0.3 is 5.97 Å². The number of carbonyl (C=O) groups is 1. The largest absolute Gasteiger partial charge is 0.478 e. The summed E-state index contributed by atoms with van der Waals surface area (Å²) in [5, 5.41) is 10.2. The summed E-state index contributed by atoms with van der Waals surface area (Å²) in [6.07, 6.45) is 1.86. The second kappa shape index (κ2) is 6.94. The van der Waals surface area contributed by atoms with Crippen LogP contribution in [0.2, 0.25) is 5.02 Å². The van der Waals surface area contributed by atoms with E-state index in [1.807, 2.05) is 30.3 Å². The molecule has 0 saturated carbocycles. The molecule has 1 heterocycles. The van der Waals surface area contributed by atoms with Gasteiger partial charge in [0, 0.05) is 22.0 Å². The van der Waals surface area contributed by atoms with E-state index in [4.69, 9.17) is 11.6 Å². The molecule has 1 N–H and O–H groups in total. The molecule has 4 heteroatoms. The zero-order valence-corrected chi connectivity index (χ0v) is 16.4. The molecule has 4 aromatic rings. The Morgan fingerprint density at radius 1 is 0.862 bits per heavy atom. The third kappa shape index (κ3) is 3.04. The second-order valence-corrected chi connectivity index (χ2v) is 7.68. The van der Waals surface area contributed by atoms with Gasteiger partial charge in [0.15, 0.2) is 0 Å². The number of benzene rings is 3. The fraction of sp³-hybridized carbons (Fsp3) is 0.0800. The van der Waals surface area contributed by atoms with Gasteiger partial charge in [-0.2, -0.15) is 0 Å². The highest BCUT2D eigenvalue weighted by molar-refractivity contribution is 6.30. The molecule has 0 atom stereocenters. The molecule has 0 saturated heterocycles. The lowest BCUT2D eigenvalue weighted by Crippen LogP contribution is -2.09. The second-order valence-electron chi connectivity index (χ2n) is 7.24. The van der Waals surface area contributed by atoms with Gasteiger partial charge in [0.1, 0.15) is 0 Å². The Labute approximate surface area is 173 Å². The molecule has 0 unspecified atom stereocenters. The van der Waals surface area contributed by atoms with E-state index in [9.17, 15) is 9.90 Å². The first-order valence-corrected chi connectivity index (χ1v) is 9.92. The molecule has 29 heavy (non-hydrogen) atoms. The Bertz CT molecular complexity index is 1240. The van der Waals surface area contributed by atoms with Crippen molar-refractivity contribution in [2.24, 2.45) is 0 Å². The first-order chi connectivity index (χ1) is 14.1. The zero-order chi connectivity index (χ0) is 20.0. The van der Waals surface area contributed by atoms with Gasteiger partial charge in [0.25, 0.3) is 0 Å². The number of carboxylic acids is 1. The maximum atomic E-state index is 11.5. The van der Waals surface area contributed by atoms with Crippen LogP contribution in [0.25, 0.3) is 28.1 Å². The first-order valence-electron chi connectivity index (χ1n) is 9.54. The Balaban J connectivity index is 1.79. The third-order valence-electron chi connectivity index (χ3n) is 5.53. The lowest BCUT2D eigenvalue weighted by molar-refractivity contribution is 0.0697. The van der Waals surface area contributed by atoms with Crippen molar-refractivity contribution in [1.29, 1.82) is 0 Å². The first kappa shape index (κ1) is 17.8. The van der Waals surface area contributed by atoms with E-state index in [2.05, 4.69) is 34.9 Å². The van der Waals surface area contributed by atoms with Crippen molar-refractivity contribution in [2.75, 3.05) is 0 Å². The number of fused-ring (bicyclic) bond motifs is 3. The van der Waals surface area contributed by atoms with Gasteiger partial charge in [0.2, 0.25) is 0 Å². The predicted molar refractivity (Wildman–Crippen MR) is 116 cm³/mol. The topological polar surface area (TPSA) is 42.2 Å². The van der Waals surface area contributed by atoms with Crippen molar-refractivity contribution in [1.82, 2.24) is 4.57 Å². The van der Waals surface area contributed by atoms with Crippen LogP contribution in [0.1, 0.15) is 21.6 Å². The summed E-state index contributed by atoms with van der Waals surface area (Å²) in [6, 6.07) is 25.6. The van der Waals surface area contributed by atoms with E-state index in [1.165, 1.54) is 22.4 Å². The number of nitrogens with zero attached hydrogens (tertiary/aromatic N) is 1. The van der Waals surface area contributed by atoms with Gasteiger partial charge in [-0.3, -0.25) is 0 Å². The Kier molecular flexibility index (Phi) is 4.26. The van der Waals surface area contributed by atoms with Gasteiger partial charge in [-0.15, -0.1) is 0 Å². The molecule has 0 radical (unpaired) electrons. The van der Waals surface area contributed by atoms with Crippen LogP contribution >= 0.6 is 11.6 Å². The average molecular weight is 400 g/mol. The number of hydrogen-bond donors (Lipinski definition) is 1. The lowest BCUT2D eigenvalue weighted by Gasteiger charge is -2.20. The fourth-order valence-corrected chi connectivity index (χ4v) is 4.32. The van der Waals surface area contributed by atoms with Crippen molar-refractivity contribution in [3.8, 4) is 28.1 Å². The maximum Gasteiger partial charge on any atom is 0.335 e. The number of aromatic carboxylic acids is 1. The fourth-order valence-electron chi connectivity index (χ4n) is 4.19. The summed E-state index contributed by atoms with van der Waals surface area (Å²) in [5.74, 6) is -0.925. The molecule has 0 amide bonds. The highest BCUT2D eigenvalue weighted by Gasteiger charge is 2.24. The van der Waals surface area contributed by atoms with Gasteiger partial charge in [-0.1, -0.05) is 54.1 Å². The molecular formula is C25H18ClNO2. The summed E-state index contributed by atoms with van der Waals surface area (Å²) < 4.78 is 2.20. The van der Waals surface area contributed by atoms with Gasteiger partial charge in [0.05, 0.1) is 11.3 Å². The predicted octanol–water partition coefficient (Wildman–Crippen LogP) is 6.26. The monoisotopic (exact) mass is 399 g/mol. The molecule has 1 aromatic heterocycles. The van der Waals surface area contributed by atoms with Crippen LogP contribution in [0.4, 0.5) is 0 Å². The van der Waals surface area contributed by atoms with Gasteiger partial charge < -0.3 is 9.67 Å². The molecule has 3 aromatic carbocycles. The van der Waals surface area contributed by atoms with E-state index < -0.39 is 5.97 Å². The van der Waals surface area contributed by atoms with Crippen LogP contribution in [0.3, 0.4) is 0 Å². The van der Waals surface area contributed by atoms with E-state index in [0.29, 0.717) is 5.02 Å². The van der Waals surface area contributed by atoms with Crippen molar-refractivity contribution >= 4 is 17.6 Å². The van der Waals surface area contributed by atoms with Crippen molar-refractivity contribution < 1.29 is 9.90 Å². The van der Waals surface area contributed by atoms with Crippen LogP contribution in [0.15, 0.2) is 78.9 Å². The average Bonchev–Trinajstić information content (AvgIpc) is 3.14. The number of hydrogen-bond acceptors (Lipinski definition) is 1. The molecule has 0 spiro atoms. The van der Waals surface area contributed by atoms with Gasteiger partial charge in [-0.05, 0) is 65.9 Å². The maximum absolute atomic E-state index is 11.5. The van der Waals surface area contributed by atoms with Crippen LogP contribution in [-0.4, -0.2) is 15.6 Å². The summed E-state index contributed by atoms with van der Waals surface area (Å²) >= 11 is 6.11. The minimum atomic E-state index is -0.925. The van der Waals surface area contributed by atoms with E-state index in [1.54, 1.807) is 18.2 Å². The minimum absolute atomic E-state index is 0.281. The number of aromatic nitrogens is 1. The van der Waals surface area contributed by atoms with E-state index >= 15 is 0 Å². The highest BCUT2D eigenvalue weighted by Crippen LogP contribution is 2.40. The van der Waals surface area contributed by atoms with Gasteiger partial charge in [-0.25, -0.2) is 4.79 Å². The normalized spacial score (nSPS) is 12.3. The molecule has 5 rings (SSSR count). The smallest absolute Gasteiger partial charge is 0.335 e. The Hall–Kier alpha value is -3.30. The molecule has 0 fully saturated rings. The quantitative estimate of drug-likeness (QED) is 0.441. The molecule has 142 valence electrons. The standard InChI is InChI=1S/C25H18ClNO2/c26-19-11-8-17(9-12-19)24-15-22-21-7-2-1-4-16(21)10-13-23(22)27(24)20-6-3-5-18(14-20)25(28)29/h1-9,11-12,14-15H,10,13H2,(H,28,29). The van der Waals surface area contributed by atoms with Crippen LogP contribution in [0.5, 0.6) is 0 Å².